The van der Waals surface area contributed by atoms with Crippen LogP contribution in [0.25, 0.3) is 67.4 Å². The maximum absolute atomic E-state index is 2.28. The predicted octanol–water partition coefficient (Wildman–Crippen LogP) is 10.6. The average molecular weight is 483 g/mol. The van der Waals surface area contributed by atoms with Crippen molar-refractivity contribution in [3.8, 4) is 0 Å². The molecule has 0 amide bonds. The highest BCUT2D eigenvalue weighted by Gasteiger charge is 2.06. The van der Waals surface area contributed by atoms with Gasteiger partial charge in [0, 0.05) is 0 Å². The summed E-state index contributed by atoms with van der Waals surface area (Å²) in [5, 5.41) is 10.2. The van der Waals surface area contributed by atoms with Gasteiger partial charge in [0.1, 0.15) is 0 Å². The van der Waals surface area contributed by atoms with E-state index in [0.29, 0.717) is 0 Å². The van der Waals surface area contributed by atoms with E-state index in [9.17, 15) is 0 Å². The van der Waals surface area contributed by atoms with Crippen LogP contribution in [0, 0.1) is 0 Å². The van der Waals surface area contributed by atoms with Crippen LogP contribution in [-0.4, -0.2) is 0 Å². The first-order valence-corrected chi connectivity index (χ1v) is 13.1. The number of hydrogen-bond acceptors (Lipinski definition) is 0. The summed E-state index contributed by atoms with van der Waals surface area (Å²) >= 11 is 0. The second kappa shape index (κ2) is 9.50. The van der Waals surface area contributed by atoms with Gasteiger partial charge in [0.15, 0.2) is 0 Å². The van der Waals surface area contributed by atoms with Gasteiger partial charge in [-0.25, -0.2) is 0 Å². The zero-order valence-corrected chi connectivity index (χ0v) is 21.0. The smallest absolute Gasteiger partial charge is 0.00992 e. The van der Waals surface area contributed by atoms with Crippen LogP contribution in [0.2, 0.25) is 0 Å². The van der Waals surface area contributed by atoms with E-state index < -0.39 is 0 Å². The lowest BCUT2D eigenvalue weighted by Crippen LogP contribution is -1.84. The largest absolute Gasteiger partial charge is 0.0616 e. The molecule has 0 unspecified atom stereocenters. The summed E-state index contributed by atoms with van der Waals surface area (Å²) in [5.74, 6) is 0. The lowest BCUT2D eigenvalue weighted by atomic mass is 9.95. The molecule has 7 aromatic carbocycles. The Morgan fingerprint density at radius 1 is 0.289 bits per heavy atom. The van der Waals surface area contributed by atoms with E-state index in [1.165, 1.54) is 65.3 Å². The molecule has 178 valence electrons. The fourth-order valence-electron chi connectivity index (χ4n) is 5.58. The molecule has 0 saturated carbocycles. The number of hydrogen-bond donors (Lipinski definition) is 0. The molecule has 0 aliphatic rings. The van der Waals surface area contributed by atoms with Crippen LogP contribution in [0.1, 0.15) is 22.3 Å². The molecule has 38 heavy (non-hydrogen) atoms. The number of benzene rings is 7. The van der Waals surface area contributed by atoms with E-state index in [2.05, 4.69) is 158 Å². The topological polar surface area (TPSA) is 0 Å². The molecule has 0 saturated heterocycles. The molecule has 0 fully saturated rings. The zero-order valence-electron chi connectivity index (χ0n) is 21.0. The first-order chi connectivity index (χ1) is 18.8. The second-order valence-electron chi connectivity index (χ2n) is 9.80. The Balaban J connectivity index is 1.29. The Morgan fingerprint density at radius 2 is 0.632 bits per heavy atom. The number of rotatable bonds is 4. The van der Waals surface area contributed by atoms with E-state index in [-0.39, 0.29) is 0 Å². The molecule has 7 aromatic rings. The zero-order chi connectivity index (χ0) is 25.3. The summed E-state index contributed by atoms with van der Waals surface area (Å²) in [6.07, 6.45) is 9.01. The van der Waals surface area contributed by atoms with Gasteiger partial charge in [0.2, 0.25) is 0 Å². The van der Waals surface area contributed by atoms with Crippen LogP contribution >= 0.6 is 0 Å². The Bertz CT molecular complexity index is 1770. The third-order valence-electron chi connectivity index (χ3n) is 7.42. The van der Waals surface area contributed by atoms with Crippen molar-refractivity contribution in [2.45, 2.75) is 0 Å². The van der Waals surface area contributed by atoms with Crippen LogP contribution in [0.5, 0.6) is 0 Å². The van der Waals surface area contributed by atoms with Gasteiger partial charge in [-0.1, -0.05) is 140 Å². The minimum absolute atomic E-state index is 1.19. The van der Waals surface area contributed by atoms with Gasteiger partial charge in [-0.15, -0.1) is 0 Å². The summed E-state index contributed by atoms with van der Waals surface area (Å²) in [6.45, 7) is 0. The van der Waals surface area contributed by atoms with Crippen molar-refractivity contribution >= 4 is 67.4 Å². The lowest BCUT2D eigenvalue weighted by molar-refractivity contribution is 1.62. The predicted molar refractivity (Wildman–Crippen MR) is 167 cm³/mol. The van der Waals surface area contributed by atoms with Crippen molar-refractivity contribution in [1.82, 2.24) is 0 Å². The first-order valence-electron chi connectivity index (χ1n) is 13.1. The minimum Gasteiger partial charge on any atom is -0.0616 e. The van der Waals surface area contributed by atoms with Crippen molar-refractivity contribution in [3.05, 3.63) is 156 Å². The van der Waals surface area contributed by atoms with Crippen LogP contribution in [-0.2, 0) is 0 Å². The van der Waals surface area contributed by atoms with Crippen LogP contribution in [0.15, 0.2) is 133 Å². The highest BCUT2D eigenvalue weighted by molar-refractivity contribution is 6.09. The quantitative estimate of drug-likeness (QED) is 0.173. The summed E-state index contributed by atoms with van der Waals surface area (Å²) in [6, 6.07) is 47.9. The summed E-state index contributed by atoms with van der Waals surface area (Å²) in [4.78, 5) is 0. The third kappa shape index (κ3) is 4.07. The fraction of sp³-hybridized carbons (Fsp3) is 0. The standard InChI is InChI=1S/C38H26/c1-5-16-33-29(12-1)25-30-13-2-6-17-34(30)37(33)22-20-27-10-9-11-28(24-27)21-23-38-35-18-7-3-14-31(35)26-32-15-4-8-19-36(32)38/h1-26H/b22-20+,23-21+. The Morgan fingerprint density at radius 3 is 1.00 bits per heavy atom. The van der Waals surface area contributed by atoms with Crippen molar-refractivity contribution < 1.29 is 0 Å². The molecule has 0 aliphatic carbocycles. The van der Waals surface area contributed by atoms with E-state index in [1.807, 2.05) is 0 Å². The van der Waals surface area contributed by atoms with Crippen molar-refractivity contribution in [2.24, 2.45) is 0 Å². The minimum atomic E-state index is 1.19. The molecule has 0 heteroatoms. The maximum atomic E-state index is 2.28. The SMILES string of the molecule is C(=C\c1c2ccccc2cc2ccccc12)/c1cccc(/C=C/c2c3ccccc3cc3ccccc23)c1. The maximum Gasteiger partial charge on any atom is -0.00992 e. The second-order valence-corrected chi connectivity index (χ2v) is 9.80. The molecular formula is C38H26. The summed E-state index contributed by atoms with van der Waals surface area (Å²) in [5.41, 5.74) is 4.91. The highest BCUT2D eigenvalue weighted by Crippen LogP contribution is 2.31. The van der Waals surface area contributed by atoms with Crippen molar-refractivity contribution in [2.75, 3.05) is 0 Å². The molecule has 7 rings (SSSR count). The van der Waals surface area contributed by atoms with Gasteiger partial charge in [0.25, 0.3) is 0 Å². The summed E-state index contributed by atoms with van der Waals surface area (Å²) in [7, 11) is 0. The van der Waals surface area contributed by atoms with E-state index >= 15 is 0 Å². The molecule has 0 spiro atoms. The van der Waals surface area contributed by atoms with Gasteiger partial charge in [-0.05, 0) is 83.5 Å². The van der Waals surface area contributed by atoms with Crippen molar-refractivity contribution in [1.29, 1.82) is 0 Å². The van der Waals surface area contributed by atoms with Crippen LogP contribution in [0.4, 0.5) is 0 Å². The Kier molecular flexibility index (Phi) is 5.57. The molecule has 0 aliphatic heterocycles. The third-order valence-corrected chi connectivity index (χ3v) is 7.42. The van der Waals surface area contributed by atoms with Gasteiger partial charge in [0.05, 0.1) is 0 Å². The van der Waals surface area contributed by atoms with Crippen LogP contribution < -0.4 is 0 Å². The Labute approximate surface area is 222 Å². The van der Waals surface area contributed by atoms with Gasteiger partial charge in [-0.3, -0.25) is 0 Å². The van der Waals surface area contributed by atoms with E-state index in [1.54, 1.807) is 0 Å². The lowest BCUT2D eigenvalue weighted by Gasteiger charge is -2.09. The normalized spacial score (nSPS) is 12.0. The molecule has 0 radical (unpaired) electrons. The van der Waals surface area contributed by atoms with Gasteiger partial charge < -0.3 is 0 Å². The Hall–Kier alpha value is -4.94. The van der Waals surface area contributed by atoms with E-state index in [0.717, 1.165) is 0 Å². The molecule has 0 bridgehead atoms. The number of fused-ring (bicyclic) bond motifs is 4. The van der Waals surface area contributed by atoms with Gasteiger partial charge >= 0.3 is 0 Å². The van der Waals surface area contributed by atoms with Gasteiger partial charge in [-0.2, -0.15) is 0 Å². The molecular weight excluding hydrogens is 456 g/mol. The highest BCUT2D eigenvalue weighted by atomic mass is 14.1. The van der Waals surface area contributed by atoms with Crippen LogP contribution in [0.3, 0.4) is 0 Å². The summed E-state index contributed by atoms with van der Waals surface area (Å²) < 4.78 is 0. The van der Waals surface area contributed by atoms with Crippen molar-refractivity contribution in [3.63, 3.8) is 0 Å². The molecule has 0 atom stereocenters. The average Bonchev–Trinajstić information content (AvgIpc) is 2.97. The molecule has 0 heterocycles. The monoisotopic (exact) mass is 482 g/mol. The fourth-order valence-corrected chi connectivity index (χ4v) is 5.58. The molecule has 0 aromatic heterocycles. The molecule has 0 nitrogen and oxygen atoms in total. The van der Waals surface area contributed by atoms with E-state index in [4.69, 9.17) is 0 Å². The first kappa shape index (κ1) is 22.3. The molecule has 0 N–H and O–H groups in total.